The summed E-state index contributed by atoms with van der Waals surface area (Å²) >= 11 is 0. The average Bonchev–Trinajstić information content (AvgIpc) is 3.00. The van der Waals surface area contributed by atoms with E-state index in [4.69, 9.17) is 0 Å². The molecule has 0 aromatic carbocycles. The lowest BCUT2D eigenvalue weighted by molar-refractivity contribution is -0.292. The van der Waals surface area contributed by atoms with Crippen molar-refractivity contribution in [1.82, 2.24) is 0 Å². The van der Waals surface area contributed by atoms with Crippen molar-refractivity contribution in [3.63, 3.8) is 0 Å². The number of hydrogen-bond acceptors (Lipinski definition) is 1. The zero-order valence-electron chi connectivity index (χ0n) is 14.1. The van der Waals surface area contributed by atoms with Crippen LogP contribution in [-0.2, 0) is 0 Å². The monoisotopic (exact) mass is 300 g/mol. The third-order valence-electron chi connectivity index (χ3n) is 9.18. The molecule has 1 nitrogen and oxygen atoms in total. The Bertz CT molecular complexity index is 494. The molecule has 0 amide bonds. The first-order chi connectivity index (χ1) is 10.7. The Labute approximate surface area is 135 Å². The minimum Gasteiger partial charge on any atom is -0.389 e. The van der Waals surface area contributed by atoms with Gasteiger partial charge in [-0.2, -0.15) is 0 Å². The number of allylic oxidation sites excluding steroid dienone is 2. The standard InChI is InChI=1S/C21H32O/c22-21-15-5-11-19(12-6-16-21)18(17-7-1-2-8-17)9-3-13-20(19,21)14-4-10-18/h7,22H,1-6,8-16H2. The van der Waals surface area contributed by atoms with Gasteiger partial charge in [-0.25, -0.2) is 0 Å². The van der Waals surface area contributed by atoms with Crippen LogP contribution in [0.15, 0.2) is 11.6 Å². The molecule has 0 aromatic heterocycles. The van der Waals surface area contributed by atoms with E-state index in [2.05, 4.69) is 6.08 Å². The van der Waals surface area contributed by atoms with Crippen molar-refractivity contribution in [3.8, 4) is 0 Å². The van der Waals surface area contributed by atoms with Gasteiger partial charge in [0.1, 0.15) is 0 Å². The summed E-state index contributed by atoms with van der Waals surface area (Å²) in [5.74, 6) is 0. The van der Waals surface area contributed by atoms with Gasteiger partial charge >= 0.3 is 0 Å². The second-order valence-electron chi connectivity index (χ2n) is 9.31. The summed E-state index contributed by atoms with van der Waals surface area (Å²) in [5, 5.41) is 11.7. The first-order valence-corrected chi connectivity index (χ1v) is 10.1. The van der Waals surface area contributed by atoms with Gasteiger partial charge in [0.05, 0.1) is 5.60 Å². The summed E-state index contributed by atoms with van der Waals surface area (Å²) < 4.78 is 0. The molecular formula is C21H32O. The maximum atomic E-state index is 11.7. The molecule has 5 rings (SSSR count). The Morgan fingerprint density at radius 2 is 1.27 bits per heavy atom. The zero-order chi connectivity index (χ0) is 14.9. The molecule has 0 aromatic rings. The molecule has 0 unspecified atom stereocenters. The van der Waals surface area contributed by atoms with Gasteiger partial charge in [-0.3, -0.25) is 0 Å². The predicted octanol–water partition coefficient (Wildman–Crippen LogP) is 5.52. The van der Waals surface area contributed by atoms with Crippen molar-refractivity contribution in [2.75, 3.05) is 0 Å². The van der Waals surface area contributed by atoms with Gasteiger partial charge in [0, 0.05) is 5.41 Å². The molecule has 0 atom stereocenters. The number of hydrogen-bond donors (Lipinski definition) is 1. The first-order valence-electron chi connectivity index (χ1n) is 10.1. The smallest absolute Gasteiger partial charge is 0.0709 e. The third kappa shape index (κ3) is 1.34. The zero-order valence-corrected chi connectivity index (χ0v) is 14.1. The van der Waals surface area contributed by atoms with Crippen LogP contribution in [0.1, 0.15) is 96.3 Å². The van der Waals surface area contributed by atoms with E-state index < -0.39 is 0 Å². The van der Waals surface area contributed by atoms with Gasteiger partial charge in [0.25, 0.3) is 0 Å². The summed E-state index contributed by atoms with van der Waals surface area (Å²) in [6.07, 6.45) is 22.6. The topological polar surface area (TPSA) is 20.2 Å². The van der Waals surface area contributed by atoms with Crippen LogP contribution in [-0.4, -0.2) is 10.7 Å². The Kier molecular flexibility index (Phi) is 2.82. The average molecular weight is 300 g/mol. The van der Waals surface area contributed by atoms with Gasteiger partial charge < -0.3 is 5.11 Å². The quantitative estimate of drug-likeness (QED) is 0.632. The Morgan fingerprint density at radius 3 is 1.86 bits per heavy atom. The molecule has 4 bridgehead atoms. The molecule has 4 saturated carbocycles. The lowest BCUT2D eigenvalue weighted by Gasteiger charge is -2.76. The molecule has 22 heavy (non-hydrogen) atoms. The first kappa shape index (κ1) is 14.1. The highest BCUT2D eigenvalue weighted by Gasteiger charge is 2.74. The Balaban J connectivity index is 1.73. The summed E-state index contributed by atoms with van der Waals surface area (Å²) in [6.45, 7) is 0. The van der Waals surface area contributed by atoms with E-state index in [1.807, 2.05) is 5.57 Å². The second-order valence-corrected chi connectivity index (χ2v) is 9.31. The van der Waals surface area contributed by atoms with Crippen LogP contribution < -0.4 is 0 Å². The molecule has 5 aliphatic rings. The minimum atomic E-state index is -0.311. The van der Waals surface area contributed by atoms with E-state index in [1.54, 1.807) is 0 Å². The van der Waals surface area contributed by atoms with Crippen molar-refractivity contribution in [2.45, 2.75) is 102 Å². The molecule has 0 radical (unpaired) electrons. The predicted molar refractivity (Wildman–Crippen MR) is 89.6 cm³/mol. The highest BCUT2D eigenvalue weighted by molar-refractivity contribution is 5.33. The molecule has 0 heterocycles. The molecule has 0 spiro atoms. The van der Waals surface area contributed by atoms with Gasteiger partial charge in [-0.1, -0.05) is 24.5 Å². The minimum absolute atomic E-state index is 0.288. The van der Waals surface area contributed by atoms with Gasteiger partial charge in [-0.15, -0.1) is 0 Å². The van der Waals surface area contributed by atoms with Crippen molar-refractivity contribution >= 4 is 0 Å². The van der Waals surface area contributed by atoms with E-state index in [1.165, 1.54) is 83.5 Å². The number of rotatable bonds is 1. The van der Waals surface area contributed by atoms with Crippen LogP contribution in [0.3, 0.4) is 0 Å². The van der Waals surface area contributed by atoms with E-state index in [0.717, 1.165) is 12.8 Å². The maximum absolute atomic E-state index is 11.7. The third-order valence-corrected chi connectivity index (χ3v) is 9.18. The van der Waals surface area contributed by atoms with E-state index in [9.17, 15) is 5.11 Å². The molecule has 1 N–H and O–H groups in total. The molecule has 0 aliphatic heterocycles. The second kappa shape index (κ2) is 4.41. The van der Waals surface area contributed by atoms with Crippen molar-refractivity contribution < 1.29 is 5.11 Å². The van der Waals surface area contributed by atoms with Crippen molar-refractivity contribution in [3.05, 3.63) is 11.6 Å². The van der Waals surface area contributed by atoms with E-state index in [-0.39, 0.29) is 11.0 Å². The highest BCUT2D eigenvalue weighted by Crippen LogP contribution is 2.80. The van der Waals surface area contributed by atoms with Crippen LogP contribution in [0.2, 0.25) is 0 Å². The van der Waals surface area contributed by atoms with Crippen LogP contribution in [0, 0.1) is 16.2 Å². The van der Waals surface area contributed by atoms with Gasteiger partial charge in [-0.05, 0) is 94.3 Å². The van der Waals surface area contributed by atoms with E-state index in [0.29, 0.717) is 10.8 Å². The Hall–Kier alpha value is -0.300. The van der Waals surface area contributed by atoms with Crippen LogP contribution >= 0.6 is 0 Å². The maximum Gasteiger partial charge on any atom is 0.0709 e. The van der Waals surface area contributed by atoms with Crippen LogP contribution in [0.5, 0.6) is 0 Å². The van der Waals surface area contributed by atoms with Gasteiger partial charge in [0.2, 0.25) is 0 Å². The summed E-state index contributed by atoms with van der Waals surface area (Å²) in [5.41, 5.74) is 2.79. The lowest BCUT2D eigenvalue weighted by atomic mass is 9.29. The fourth-order valence-electron chi connectivity index (χ4n) is 8.74. The molecule has 5 aliphatic carbocycles. The van der Waals surface area contributed by atoms with Crippen molar-refractivity contribution in [2.24, 2.45) is 16.2 Å². The molecular weight excluding hydrogens is 268 g/mol. The fraction of sp³-hybridized carbons (Fsp3) is 0.905. The van der Waals surface area contributed by atoms with Crippen LogP contribution in [0.25, 0.3) is 0 Å². The highest BCUT2D eigenvalue weighted by atomic mass is 16.3. The fourth-order valence-corrected chi connectivity index (χ4v) is 8.74. The van der Waals surface area contributed by atoms with E-state index >= 15 is 0 Å². The lowest BCUT2D eigenvalue weighted by Crippen LogP contribution is -2.71. The Morgan fingerprint density at radius 1 is 0.682 bits per heavy atom. The molecule has 4 fully saturated rings. The van der Waals surface area contributed by atoms with Crippen LogP contribution in [0.4, 0.5) is 0 Å². The summed E-state index contributed by atoms with van der Waals surface area (Å²) in [7, 11) is 0. The molecule has 1 heteroatoms. The summed E-state index contributed by atoms with van der Waals surface area (Å²) in [4.78, 5) is 0. The molecule has 0 saturated heterocycles. The molecule has 122 valence electrons. The van der Waals surface area contributed by atoms with Crippen molar-refractivity contribution in [1.29, 1.82) is 0 Å². The normalized spacial score (nSPS) is 53.8. The summed E-state index contributed by atoms with van der Waals surface area (Å²) in [6, 6.07) is 0. The largest absolute Gasteiger partial charge is 0.389 e. The SMILES string of the molecule is OC12CCCC3(CCC1)C1(C4=CCCC4)CCCC23CCC1. The van der Waals surface area contributed by atoms with Gasteiger partial charge in [0.15, 0.2) is 0 Å². The number of aliphatic hydroxyl groups is 1.